The molecule has 9 heteroatoms. The van der Waals surface area contributed by atoms with Crippen LogP contribution in [0.15, 0.2) is 66.7 Å². The molecular formula is C29H28Cl2N4O3. The summed E-state index contributed by atoms with van der Waals surface area (Å²) < 4.78 is 5.57. The molecule has 2 bridgehead atoms. The van der Waals surface area contributed by atoms with Crippen LogP contribution < -0.4 is 15.5 Å². The first-order valence-corrected chi connectivity index (χ1v) is 13.3. The molecule has 38 heavy (non-hydrogen) atoms. The van der Waals surface area contributed by atoms with Gasteiger partial charge in [-0.05, 0) is 86.7 Å². The van der Waals surface area contributed by atoms with Gasteiger partial charge < -0.3 is 15.0 Å². The predicted octanol–water partition coefficient (Wildman–Crippen LogP) is 7.59. The van der Waals surface area contributed by atoms with E-state index in [1.54, 1.807) is 48.5 Å². The number of hydrogen-bond donors (Lipinski definition) is 3. The minimum absolute atomic E-state index is 0.303. The fourth-order valence-corrected chi connectivity index (χ4v) is 5.63. The summed E-state index contributed by atoms with van der Waals surface area (Å²) in [6.45, 7) is 1.97. The van der Waals surface area contributed by atoms with Crippen LogP contribution in [0, 0.1) is 18.3 Å². The van der Waals surface area contributed by atoms with Crippen LogP contribution in [-0.2, 0) is 9.53 Å². The summed E-state index contributed by atoms with van der Waals surface area (Å²) in [6.07, 6.45) is 2.27. The van der Waals surface area contributed by atoms with Crippen LogP contribution in [0.4, 0.5) is 21.9 Å². The molecule has 7 nitrogen and oxygen atoms in total. The molecule has 3 aromatic rings. The van der Waals surface area contributed by atoms with E-state index in [1.165, 1.54) is 0 Å². The van der Waals surface area contributed by atoms with Gasteiger partial charge in [0.05, 0.1) is 0 Å². The Balaban J connectivity index is 1.34. The van der Waals surface area contributed by atoms with Gasteiger partial charge in [-0.25, -0.2) is 4.79 Å². The zero-order chi connectivity index (χ0) is 26.8. The van der Waals surface area contributed by atoms with Crippen molar-refractivity contribution in [2.45, 2.75) is 44.8 Å². The number of amides is 2. The number of halogens is 2. The number of fused-ring (bicyclic) bond motifs is 3. The standard InChI is InChI=1S/C29H28Cl2N4O3/c1-17-16-21(12-15-25(17)35-22-13-6-18(7-14-22)27(35)32)33-28(36)26(23-4-2-3-5-24(23)31)38-29(37)34-20-10-8-19(30)9-11-20/h2-5,8-12,15-16,18,22,26,32H,6-7,13-14H2,1H3,(H,33,36)(H,34,37)/t18?,22?,26-/m1/s1. The van der Waals surface area contributed by atoms with E-state index in [4.69, 9.17) is 33.3 Å². The molecule has 6 rings (SSSR count). The molecule has 0 spiro atoms. The molecule has 2 heterocycles. The van der Waals surface area contributed by atoms with E-state index in [1.807, 2.05) is 25.1 Å². The zero-order valence-corrected chi connectivity index (χ0v) is 22.4. The van der Waals surface area contributed by atoms with E-state index in [9.17, 15) is 9.59 Å². The van der Waals surface area contributed by atoms with E-state index >= 15 is 0 Å². The van der Waals surface area contributed by atoms with Gasteiger partial charge in [0.25, 0.3) is 5.91 Å². The highest BCUT2D eigenvalue weighted by Gasteiger charge is 2.39. The fourth-order valence-electron chi connectivity index (χ4n) is 5.27. The Hall–Kier alpha value is -3.55. The van der Waals surface area contributed by atoms with Crippen molar-refractivity contribution in [3.05, 3.63) is 87.9 Å². The summed E-state index contributed by atoms with van der Waals surface area (Å²) in [6, 6.07) is 19.3. The van der Waals surface area contributed by atoms with Crippen molar-refractivity contribution in [3.63, 3.8) is 0 Å². The molecule has 196 valence electrons. The molecule has 2 amide bonds. The lowest BCUT2D eigenvalue weighted by Gasteiger charge is -2.47. The summed E-state index contributed by atoms with van der Waals surface area (Å²) in [5, 5.41) is 15.0. The minimum Gasteiger partial charge on any atom is -0.431 e. The Kier molecular flexibility index (Phi) is 7.58. The molecule has 1 saturated carbocycles. The predicted molar refractivity (Wildman–Crippen MR) is 152 cm³/mol. The van der Waals surface area contributed by atoms with Gasteiger partial charge in [0.2, 0.25) is 6.10 Å². The Labute approximate surface area is 231 Å². The minimum atomic E-state index is -1.29. The normalized spacial score (nSPS) is 19.1. The number of aryl methyl sites for hydroxylation is 1. The van der Waals surface area contributed by atoms with Gasteiger partial charge >= 0.3 is 6.09 Å². The molecule has 0 radical (unpaired) electrons. The first kappa shape index (κ1) is 26.1. The average molecular weight is 551 g/mol. The highest BCUT2D eigenvalue weighted by atomic mass is 35.5. The lowest BCUT2D eigenvalue weighted by atomic mass is 9.78. The van der Waals surface area contributed by atoms with Gasteiger partial charge in [0.15, 0.2) is 0 Å². The van der Waals surface area contributed by atoms with Crippen molar-refractivity contribution in [1.29, 1.82) is 5.41 Å². The molecule has 0 aromatic heterocycles. The third kappa shape index (κ3) is 5.49. The highest BCUT2D eigenvalue weighted by molar-refractivity contribution is 6.31. The first-order valence-electron chi connectivity index (χ1n) is 12.6. The molecule has 3 N–H and O–H groups in total. The van der Waals surface area contributed by atoms with Crippen LogP contribution in [0.1, 0.15) is 42.9 Å². The summed E-state index contributed by atoms with van der Waals surface area (Å²) in [4.78, 5) is 28.3. The number of piperidine rings is 2. The number of amidine groups is 1. The maximum Gasteiger partial charge on any atom is 0.412 e. The molecule has 2 aliphatic heterocycles. The Morgan fingerprint density at radius 2 is 1.63 bits per heavy atom. The largest absolute Gasteiger partial charge is 0.431 e. The van der Waals surface area contributed by atoms with Crippen molar-refractivity contribution < 1.29 is 14.3 Å². The molecule has 1 aliphatic carbocycles. The Morgan fingerprint density at radius 3 is 2.29 bits per heavy atom. The van der Waals surface area contributed by atoms with Crippen molar-refractivity contribution >= 4 is 58.1 Å². The number of anilines is 3. The Morgan fingerprint density at radius 1 is 0.947 bits per heavy atom. The van der Waals surface area contributed by atoms with Gasteiger partial charge in [-0.3, -0.25) is 15.5 Å². The number of benzene rings is 3. The second kappa shape index (κ2) is 11.1. The number of nitrogens with zero attached hydrogens (tertiary/aromatic N) is 1. The van der Waals surface area contributed by atoms with Gasteiger partial charge in [-0.15, -0.1) is 0 Å². The number of carbonyl (C=O) groups is 2. The van der Waals surface area contributed by atoms with Crippen molar-refractivity contribution in [2.75, 3.05) is 15.5 Å². The molecule has 3 aromatic carbocycles. The topological polar surface area (TPSA) is 94.5 Å². The second-order valence-electron chi connectivity index (χ2n) is 9.69. The third-order valence-corrected chi connectivity index (χ3v) is 7.77. The first-order chi connectivity index (χ1) is 18.3. The maximum atomic E-state index is 13.4. The average Bonchev–Trinajstić information content (AvgIpc) is 2.90. The molecule has 3 fully saturated rings. The lowest BCUT2D eigenvalue weighted by Crippen LogP contribution is -2.52. The summed E-state index contributed by atoms with van der Waals surface area (Å²) >= 11 is 12.3. The van der Waals surface area contributed by atoms with E-state index in [0.717, 1.165) is 36.9 Å². The van der Waals surface area contributed by atoms with Crippen molar-refractivity contribution in [2.24, 2.45) is 5.92 Å². The van der Waals surface area contributed by atoms with Crippen molar-refractivity contribution in [3.8, 4) is 0 Å². The van der Waals surface area contributed by atoms with Crippen LogP contribution in [0.3, 0.4) is 0 Å². The summed E-state index contributed by atoms with van der Waals surface area (Å²) in [7, 11) is 0. The zero-order valence-electron chi connectivity index (χ0n) is 20.8. The van der Waals surface area contributed by atoms with Gasteiger partial charge in [0.1, 0.15) is 5.84 Å². The SMILES string of the molecule is Cc1cc(NC(=O)[C@H](OC(=O)Nc2ccc(Cl)cc2)c2ccccc2Cl)ccc1N1C(=N)C2CCC1CC2. The molecule has 2 saturated heterocycles. The molecule has 1 atom stereocenters. The summed E-state index contributed by atoms with van der Waals surface area (Å²) in [5.74, 6) is 0.471. The van der Waals surface area contributed by atoms with Crippen molar-refractivity contribution in [1.82, 2.24) is 0 Å². The van der Waals surface area contributed by atoms with E-state index < -0.39 is 18.1 Å². The highest BCUT2D eigenvalue weighted by Crippen LogP contribution is 2.40. The van der Waals surface area contributed by atoms with Gasteiger partial charge in [-0.1, -0.05) is 41.4 Å². The van der Waals surface area contributed by atoms with Gasteiger partial charge in [0, 0.05) is 44.6 Å². The number of rotatable bonds is 6. The van der Waals surface area contributed by atoms with Crippen LogP contribution >= 0.6 is 23.2 Å². The molecular weight excluding hydrogens is 523 g/mol. The van der Waals surface area contributed by atoms with E-state index in [-0.39, 0.29) is 0 Å². The van der Waals surface area contributed by atoms with Crippen LogP contribution in [0.5, 0.6) is 0 Å². The number of ether oxygens (including phenoxy) is 1. The van der Waals surface area contributed by atoms with E-state index in [2.05, 4.69) is 15.5 Å². The van der Waals surface area contributed by atoms with Gasteiger partial charge in [-0.2, -0.15) is 0 Å². The number of hydrogen-bond acceptors (Lipinski definition) is 4. The van der Waals surface area contributed by atoms with Crippen LogP contribution in [0.25, 0.3) is 0 Å². The summed E-state index contributed by atoms with van der Waals surface area (Å²) in [5.41, 5.74) is 3.34. The second-order valence-corrected chi connectivity index (χ2v) is 10.5. The number of nitrogens with one attached hydrogen (secondary N) is 3. The number of carbonyl (C=O) groups excluding carboxylic acids is 2. The molecule has 0 unspecified atom stereocenters. The lowest BCUT2D eigenvalue weighted by molar-refractivity contribution is -0.124. The molecule has 3 aliphatic rings. The van der Waals surface area contributed by atoms with Crippen LogP contribution in [-0.4, -0.2) is 23.9 Å². The third-order valence-electron chi connectivity index (χ3n) is 7.17. The maximum absolute atomic E-state index is 13.4. The fraction of sp³-hybridized carbons (Fsp3) is 0.276. The Bertz CT molecular complexity index is 1370. The smallest absolute Gasteiger partial charge is 0.412 e. The van der Waals surface area contributed by atoms with Crippen LogP contribution in [0.2, 0.25) is 10.0 Å². The quantitative estimate of drug-likeness (QED) is 0.294. The monoisotopic (exact) mass is 550 g/mol. The van der Waals surface area contributed by atoms with E-state index in [0.29, 0.717) is 44.8 Å².